The number of allylic oxidation sites excluding steroid dienone is 2. The number of amides is 3. The Labute approximate surface area is 137 Å². The second-order valence-electron chi connectivity index (χ2n) is 6.96. The van der Waals surface area contributed by atoms with Crippen LogP contribution in [0.1, 0.15) is 39.5 Å². The lowest BCUT2D eigenvalue weighted by molar-refractivity contribution is -0.141. The van der Waals surface area contributed by atoms with Crippen LogP contribution in [0.15, 0.2) is 12.2 Å². The second kappa shape index (κ2) is 6.46. The zero-order chi connectivity index (χ0) is 16.6. The molecule has 2 fully saturated rings. The van der Waals surface area contributed by atoms with E-state index in [0.717, 1.165) is 32.4 Å². The average Bonchev–Trinajstić information content (AvgIpc) is 3.20. The van der Waals surface area contributed by atoms with Crippen LogP contribution in [0, 0.1) is 23.7 Å². The normalized spacial score (nSPS) is 31.1. The van der Waals surface area contributed by atoms with E-state index < -0.39 is 0 Å². The van der Waals surface area contributed by atoms with Crippen LogP contribution >= 0.6 is 0 Å². The maximum atomic E-state index is 12.6. The second-order valence-corrected chi connectivity index (χ2v) is 6.96. The minimum atomic E-state index is -0.157. The highest BCUT2D eigenvalue weighted by molar-refractivity contribution is 6.06. The summed E-state index contributed by atoms with van der Waals surface area (Å²) >= 11 is 0. The molecule has 1 saturated carbocycles. The maximum absolute atomic E-state index is 12.6. The quantitative estimate of drug-likeness (QED) is 0.531. The van der Waals surface area contributed by atoms with Crippen molar-refractivity contribution < 1.29 is 14.4 Å². The first-order valence-corrected chi connectivity index (χ1v) is 8.89. The molecule has 23 heavy (non-hydrogen) atoms. The highest BCUT2D eigenvalue weighted by Gasteiger charge is 2.59. The van der Waals surface area contributed by atoms with E-state index in [1.807, 2.05) is 18.7 Å². The fourth-order valence-corrected chi connectivity index (χ4v) is 4.45. The molecule has 4 atom stereocenters. The van der Waals surface area contributed by atoms with E-state index in [4.69, 9.17) is 0 Å². The third-order valence-electron chi connectivity index (χ3n) is 5.45. The predicted octanol–water partition coefficient (Wildman–Crippen LogP) is 1.83. The monoisotopic (exact) mass is 318 g/mol. The minimum Gasteiger partial charge on any atom is -0.343 e. The molecule has 2 aliphatic carbocycles. The number of carbonyl (C=O) groups excluding carboxylic acids is 3. The Hall–Kier alpha value is -1.65. The van der Waals surface area contributed by atoms with Crippen LogP contribution in [0.4, 0.5) is 0 Å². The third kappa shape index (κ3) is 2.70. The summed E-state index contributed by atoms with van der Waals surface area (Å²) in [7, 11) is 0. The van der Waals surface area contributed by atoms with Gasteiger partial charge in [0.15, 0.2) is 0 Å². The Kier molecular flexibility index (Phi) is 4.55. The van der Waals surface area contributed by atoms with Crippen LogP contribution in [0.25, 0.3) is 0 Å². The largest absolute Gasteiger partial charge is 0.343 e. The standard InChI is InChI=1S/C18H26N2O3/c1-3-8-19(9-4-2)14(21)7-10-20-17(22)15-12-5-6-13(11-12)16(15)18(20)23/h5-6,12-13,15-16H,3-4,7-11H2,1-2H3/t12-,13-,15+,16+/m1/s1. The fraction of sp³-hybridized carbons (Fsp3) is 0.722. The number of hydrogen-bond donors (Lipinski definition) is 0. The molecule has 1 aliphatic heterocycles. The van der Waals surface area contributed by atoms with Crippen molar-refractivity contribution in [3.8, 4) is 0 Å². The molecule has 5 heteroatoms. The van der Waals surface area contributed by atoms with Crippen LogP contribution in [0.3, 0.4) is 0 Å². The lowest BCUT2D eigenvalue weighted by atomic mass is 9.85. The molecular formula is C18H26N2O3. The average molecular weight is 318 g/mol. The molecule has 1 saturated heterocycles. The molecule has 5 nitrogen and oxygen atoms in total. The van der Waals surface area contributed by atoms with E-state index in [-0.39, 0.29) is 54.4 Å². The Balaban J connectivity index is 1.60. The van der Waals surface area contributed by atoms with Crippen LogP contribution < -0.4 is 0 Å². The van der Waals surface area contributed by atoms with Gasteiger partial charge in [0.05, 0.1) is 11.8 Å². The van der Waals surface area contributed by atoms with E-state index in [9.17, 15) is 14.4 Å². The molecule has 3 aliphatic rings. The zero-order valence-corrected chi connectivity index (χ0v) is 14.0. The summed E-state index contributed by atoms with van der Waals surface area (Å²) < 4.78 is 0. The summed E-state index contributed by atoms with van der Waals surface area (Å²) in [5.41, 5.74) is 0. The maximum Gasteiger partial charge on any atom is 0.233 e. The van der Waals surface area contributed by atoms with Crippen molar-refractivity contribution in [1.29, 1.82) is 0 Å². The Bertz CT molecular complexity index is 506. The van der Waals surface area contributed by atoms with Gasteiger partial charge in [-0.05, 0) is 31.1 Å². The SMILES string of the molecule is CCCN(CCC)C(=O)CCN1C(=O)[C@@H]2[C@@H](C1=O)[C@@H]1C=C[C@@H]2C1. The van der Waals surface area contributed by atoms with Crippen molar-refractivity contribution >= 4 is 17.7 Å². The van der Waals surface area contributed by atoms with E-state index in [2.05, 4.69) is 12.2 Å². The number of rotatable bonds is 7. The van der Waals surface area contributed by atoms with Crippen LogP contribution in [-0.2, 0) is 14.4 Å². The number of carbonyl (C=O) groups is 3. The number of nitrogens with zero attached hydrogens (tertiary/aromatic N) is 2. The molecule has 0 N–H and O–H groups in total. The number of hydrogen-bond acceptors (Lipinski definition) is 3. The molecule has 3 rings (SSSR count). The van der Waals surface area contributed by atoms with Crippen molar-refractivity contribution in [3.63, 3.8) is 0 Å². The number of fused-ring (bicyclic) bond motifs is 5. The van der Waals surface area contributed by atoms with Gasteiger partial charge in [-0.25, -0.2) is 0 Å². The lowest BCUT2D eigenvalue weighted by Crippen LogP contribution is -2.38. The van der Waals surface area contributed by atoms with Gasteiger partial charge in [-0.15, -0.1) is 0 Å². The summed E-state index contributed by atoms with van der Waals surface area (Å²) in [6.45, 7) is 5.83. The van der Waals surface area contributed by atoms with E-state index in [1.54, 1.807) is 0 Å². The van der Waals surface area contributed by atoms with Gasteiger partial charge in [0.25, 0.3) is 0 Å². The van der Waals surface area contributed by atoms with Crippen molar-refractivity contribution in [1.82, 2.24) is 9.80 Å². The van der Waals surface area contributed by atoms with Gasteiger partial charge < -0.3 is 4.90 Å². The van der Waals surface area contributed by atoms with Gasteiger partial charge >= 0.3 is 0 Å². The first kappa shape index (κ1) is 16.2. The van der Waals surface area contributed by atoms with Crippen molar-refractivity contribution in [3.05, 3.63) is 12.2 Å². The van der Waals surface area contributed by atoms with Crippen molar-refractivity contribution in [2.75, 3.05) is 19.6 Å². The smallest absolute Gasteiger partial charge is 0.233 e. The third-order valence-corrected chi connectivity index (χ3v) is 5.45. The van der Waals surface area contributed by atoms with Gasteiger partial charge in [0.2, 0.25) is 17.7 Å². The van der Waals surface area contributed by atoms with Gasteiger partial charge in [0.1, 0.15) is 0 Å². The van der Waals surface area contributed by atoms with E-state index >= 15 is 0 Å². The van der Waals surface area contributed by atoms with Gasteiger partial charge in [-0.3, -0.25) is 19.3 Å². The molecule has 0 aromatic heterocycles. The molecule has 0 radical (unpaired) electrons. The van der Waals surface area contributed by atoms with E-state index in [1.165, 1.54) is 4.90 Å². The molecule has 1 heterocycles. The Morgan fingerprint density at radius 2 is 1.61 bits per heavy atom. The lowest BCUT2D eigenvalue weighted by Gasteiger charge is -2.23. The molecular weight excluding hydrogens is 292 g/mol. The van der Waals surface area contributed by atoms with Crippen molar-refractivity contribution in [2.45, 2.75) is 39.5 Å². The summed E-state index contributed by atoms with van der Waals surface area (Å²) in [4.78, 5) is 40.7. The summed E-state index contributed by atoms with van der Waals surface area (Å²) in [5.74, 6) is 0.0967. The highest BCUT2D eigenvalue weighted by atomic mass is 16.2. The summed E-state index contributed by atoms with van der Waals surface area (Å²) in [6, 6.07) is 0. The van der Waals surface area contributed by atoms with Crippen LogP contribution in [0.5, 0.6) is 0 Å². The van der Waals surface area contributed by atoms with Crippen LogP contribution in [-0.4, -0.2) is 47.2 Å². The molecule has 0 spiro atoms. The Morgan fingerprint density at radius 3 is 2.09 bits per heavy atom. The van der Waals surface area contributed by atoms with Gasteiger partial charge in [-0.1, -0.05) is 26.0 Å². The van der Waals surface area contributed by atoms with Crippen LogP contribution in [0.2, 0.25) is 0 Å². The van der Waals surface area contributed by atoms with Gasteiger partial charge in [0, 0.05) is 26.1 Å². The summed E-state index contributed by atoms with van der Waals surface area (Å²) in [6.07, 6.45) is 7.23. The van der Waals surface area contributed by atoms with Crippen molar-refractivity contribution in [2.24, 2.45) is 23.7 Å². The molecule has 0 aromatic rings. The zero-order valence-electron chi connectivity index (χ0n) is 14.0. The van der Waals surface area contributed by atoms with Gasteiger partial charge in [-0.2, -0.15) is 0 Å². The summed E-state index contributed by atoms with van der Waals surface area (Å²) in [5, 5.41) is 0. The topological polar surface area (TPSA) is 57.7 Å². The number of likely N-dealkylation sites (tertiary alicyclic amines) is 1. The molecule has 0 unspecified atom stereocenters. The first-order valence-electron chi connectivity index (χ1n) is 8.89. The van der Waals surface area contributed by atoms with E-state index in [0.29, 0.717) is 0 Å². The Morgan fingerprint density at radius 1 is 1.09 bits per heavy atom. The molecule has 3 amide bonds. The molecule has 0 aromatic carbocycles. The predicted molar refractivity (Wildman–Crippen MR) is 86.2 cm³/mol. The minimum absolute atomic E-state index is 0.0486. The highest BCUT2D eigenvalue weighted by Crippen LogP contribution is 2.52. The number of imide groups is 1. The first-order chi connectivity index (χ1) is 11.1. The molecule has 126 valence electrons. The fourth-order valence-electron chi connectivity index (χ4n) is 4.45. The molecule has 2 bridgehead atoms.